The number of hydrogen-bond donors (Lipinski definition) is 0. The molecule has 8 rings (SSSR count). The molecule has 2 unspecified atom stereocenters. The second kappa shape index (κ2) is 6.49. The standard InChI is InChI=1S/C30H20N2S/c1-2-10-19-18(9-1)17-22-26(19)27-21-12-4-6-14-24(21)33-30(27)28-20-11-3-5-13-23(20)32(29(22)28)25-15-7-8-16-31-25/h1-16,28,30H,17H2. The minimum absolute atomic E-state index is 0.323. The average molecular weight is 441 g/mol. The summed E-state index contributed by atoms with van der Waals surface area (Å²) in [5, 5.41) is 0.372. The summed E-state index contributed by atoms with van der Waals surface area (Å²) in [5.41, 5.74) is 12.9. The van der Waals surface area contributed by atoms with E-state index in [0.29, 0.717) is 11.2 Å². The Morgan fingerprint density at radius 1 is 0.788 bits per heavy atom. The van der Waals surface area contributed by atoms with Gasteiger partial charge >= 0.3 is 0 Å². The zero-order chi connectivity index (χ0) is 21.5. The van der Waals surface area contributed by atoms with Crippen LogP contribution in [0.25, 0.3) is 11.1 Å². The van der Waals surface area contributed by atoms with Crippen LogP contribution in [-0.2, 0) is 6.42 Å². The number of benzene rings is 3. The van der Waals surface area contributed by atoms with Crippen LogP contribution in [0, 0.1) is 0 Å². The minimum atomic E-state index is 0.323. The van der Waals surface area contributed by atoms with Crippen molar-refractivity contribution in [3.63, 3.8) is 0 Å². The minimum Gasteiger partial charge on any atom is -0.298 e. The molecule has 2 nitrogen and oxygen atoms in total. The number of pyridine rings is 1. The third-order valence-corrected chi connectivity index (χ3v) is 8.85. The van der Waals surface area contributed by atoms with Crippen molar-refractivity contribution in [1.82, 2.24) is 4.98 Å². The number of aromatic nitrogens is 1. The lowest BCUT2D eigenvalue weighted by molar-refractivity contribution is 0.835. The van der Waals surface area contributed by atoms with Crippen LogP contribution in [0.4, 0.5) is 11.5 Å². The zero-order valence-electron chi connectivity index (χ0n) is 17.9. The van der Waals surface area contributed by atoms with Crippen LogP contribution in [0.5, 0.6) is 0 Å². The fourth-order valence-corrected chi connectivity index (χ4v) is 7.78. The number of para-hydroxylation sites is 1. The van der Waals surface area contributed by atoms with Gasteiger partial charge in [-0.3, -0.25) is 4.90 Å². The van der Waals surface area contributed by atoms with Crippen molar-refractivity contribution in [2.45, 2.75) is 22.5 Å². The van der Waals surface area contributed by atoms with Gasteiger partial charge in [0, 0.05) is 34.4 Å². The van der Waals surface area contributed by atoms with E-state index in [1.165, 1.54) is 55.3 Å². The Hall–Kier alpha value is -3.56. The molecule has 3 heterocycles. The van der Waals surface area contributed by atoms with E-state index in [9.17, 15) is 0 Å². The van der Waals surface area contributed by atoms with E-state index in [0.717, 1.165) is 12.2 Å². The number of anilines is 2. The number of thioether (sulfide) groups is 1. The maximum absolute atomic E-state index is 4.81. The first-order valence-electron chi connectivity index (χ1n) is 11.5. The van der Waals surface area contributed by atoms with Crippen LogP contribution in [-0.4, -0.2) is 10.2 Å². The summed E-state index contributed by atoms with van der Waals surface area (Å²) in [4.78, 5) is 8.66. The summed E-state index contributed by atoms with van der Waals surface area (Å²) >= 11 is 2.04. The molecule has 0 N–H and O–H groups in total. The van der Waals surface area contributed by atoms with Crippen molar-refractivity contribution in [2.24, 2.45) is 0 Å². The summed E-state index contributed by atoms with van der Waals surface area (Å²) in [6.07, 6.45) is 2.89. The lowest BCUT2D eigenvalue weighted by Gasteiger charge is -2.33. The first-order chi connectivity index (χ1) is 16.4. The molecule has 4 aromatic rings. The Balaban J connectivity index is 1.49. The molecule has 1 aromatic heterocycles. The Morgan fingerprint density at radius 2 is 1.58 bits per heavy atom. The van der Waals surface area contributed by atoms with Crippen molar-refractivity contribution in [1.29, 1.82) is 0 Å². The van der Waals surface area contributed by atoms with Gasteiger partial charge in [-0.15, -0.1) is 11.8 Å². The zero-order valence-corrected chi connectivity index (χ0v) is 18.7. The summed E-state index contributed by atoms with van der Waals surface area (Å²) in [6.45, 7) is 0. The highest BCUT2D eigenvalue weighted by Gasteiger charge is 2.51. The molecule has 0 amide bonds. The Kier molecular flexibility index (Phi) is 3.53. The first-order valence-corrected chi connectivity index (χ1v) is 12.4. The number of fused-ring (bicyclic) bond motifs is 10. The maximum Gasteiger partial charge on any atom is 0.137 e. The molecule has 2 aliphatic heterocycles. The van der Waals surface area contributed by atoms with E-state index in [2.05, 4.69) is 89.8 Å². The van der Waals surface area contributed by atoms with Gasteiger partial charge in [0.05, 0.1) is 5.69 Å². The monoisotopic (exact) mass is 440 g/mol. The van der Waals surface area contributed by atoms with E-state index in [1.54, 1.807) is 0 Å². The molecule has 0 spiro atoms. The molecule has 2 atom stereocenters. The van der Waals surface area contributed by atoms with Gasteiger partial charge < -0.3 is 0 Å². The summed E-state index contributed by atoms with van der Waals surface area (Å²) in [5.74, 6) is 1.33. The van der Waals surface area contributed by atoms with E-state index < -0.39 is 0 Å². The number of nitrogens with zero attached hydrogens (tertiary/aromatic N) is 2. The molecule has 0 bridgehead atoms. The summed E-state index contributed by atoms with van der Waals surface area (Å²) < 4.78 is 0. The fourth-order valence-electron chi connectivity index (χ4n) is 6.27. The van der Waals surface area contributed by atoms with E-state index >= 15 is 0 Å². The molecular weight excluding hydrogens is 420 g/mol. The van der Waals surface area contributed by atoms with Gasteiger partial charge in [0.1, 0.15) is 5.82 Å². The third-order valence-electron chi connectivity index (χ3n) is 7.48. The van der Waals surface area contributed by atoms with Crippen LogP contribution in [0.3, 0.4) is 0 Å². The van der Waals surface area contributed by atoms with Crippen molar-refractivity contribution in [3.8, 4) is 0 Å². The van der Waals surface area contributed by atoms with Gasteiger partial charge in [0.2, 0.25) is 0 Å². The molecule has 156 valence electrons. The smallest absolute Gasteiger partial charge is 0.137 e. The van der Waals surface area contributed by atoms with E-state index in [1.807, 2.05) is 24.0 Å². The highest BCUT2D eigenvalue weighted by Crippen LogP contribution is 2.65. The Bertz CT molecular complexity index is 1530. The van der Waals surface area contributed by atoms with Crippen LogP contribution < -0.4 is 4.90 Å². The topological polar surface area (TPSA) is 16.1 Å². The van der Waals surface area contributed by atoms with Crippen LogP contribution in [0.1, 0.15) is 28.2 Å². The quantitative estimate of drug-likeness (QED) is 0.311. The van der Waals surface area contributed by atoms with Gasteiger partial charge in [-0.25, -0.2) is 4.98 Å². The second-order valence-corrected chi connectivity index (χ2v) is 10.3. The number of allylic oxidation sites excluding steroid dienone is 3. The molecule has 2 aliphatic carbocycles. The highest BCUT2D eigenvalue weighted by atomic mass is 32.2. The lowest BCUT2D eigenvalue weighted by atomic mass is 9.77. The van der Waals surface area contributed by atoms with Gasteiger partial charge in [-0.2, -0.15) is 0 Å². The third kappa shape index (κ3) is 2.28. The van der Waals surface area contributed by atoms with Gasteiger partial charge in [-0.1, -0.05) is 66.7 Å². The van der Waals surface area contributed by atoms with Crippen molar-refractivity contribution >= 4 is 34.4 Å². The molecular formula is C30H20N2S. The highest BCUT2D eigenvalue weighted by molar-refractivity contribution is 8.01. The largest absolute Gasteiger partial charge is 0.298 e. The molecule has 3 aromatic carbocycles. The second-order valence-electron chi connectivity index (χ2n) is 9.08. The lowest BCUT2D eigenvalue weighted by Crippen LogP contribution is -2.26. The van der Waals surface area contributed by atoms with Crippen LogP contribution >= 0.6 is 11.8 Å². The van der Waals surface area contributed by atoms with Crippen LogP contribution in [0.2, 0.25) is 0 Å². The van der Waals surface area contributed by atoms with Gasteiger partial charge in [0.15, 0.2) is 0 Å². The predicted octanol–water partition coefficient (Wildman–Crippen LogP) is 7.23. The van der Waals surface area contributed by atoms with Crippen LogP contribution in [0.15, 0.2) is 113 Å². The Morgan fingerprint density at radius 3 is 2.48 bits per heavy atom. The number of hydrogen-bond acceptors (Lipinski definition) is 3. The van der Waals surface area contributed by atoms with Crippen molar-refractivity contribution in [3.05, 3.63) is 131 Å². The normalized spacial score (nSPS) is 21.4. The Labute approximate surface area is 197 Å². The molecule has 0 radical (unpaired) electrons. The fraction of sp³-hybridized carbons (Fsp3) is 0.100. The molecule has 33 heavy (non-hydrogen) atoms. The number of rotatable bonds is 1. The van der Waals surface area contributed by atoms with Crippen molar-refractivity contribution < 1.29 is 0 Å². The predicted molar refractivity (Wildman–Crippen MR) is 136 cm³/mol. The van der Waals surface area contributed by atoms with Crippen molar-refractivity contribution in [2.75, 3.05) is 4.90 Å². The first kappa shape index (κ1) is 17.9. The molecule has 0 fully saturated rings. The average Bonchev–Trinajstić information content (AvgIpc) is 3.53. The molecule has 3 heteroatoms. The SMILES string of the molecule is c1ccc(N2C3=C4Cc5ccccc5C4=C4c5ccccc5SC4C3c3ccccc32)nc1. The molecule has 0 saturated carbocycles. The maximum atomic E-state index is 4.81. The molecule has 4 aliphatic rings. The van der Waals surface area contributed by atoms with Gasteiger partial charge in [0.25, 0.3) is 0 Å². The summed E-state index contributed by atoms with van der Waals surface area (Å²) in [6, 6.07) is 33.2. The van der Waals surface area contributed by atoms with E-state index in [-0.39, 0.29) is 0 Å². The summed E-state index contributed by atoms with van der Waals surface area (Å²) in [7, 11) is 0. The molecule has 0 saturated heterocycles. The van der Waals surface area contributed by atoms with E-state index in [4.69, 9.17) is 4.98 Å². The van der Waals surface area contributed by atoms with Gasteiger partial charge in [-0.05, 0) is 63.2 Å².